The van der Waals surface area contributed by atoms with Gasteiger partial charge in [0.15, 0.2) is 5.54 Å². The first-order valence-corrected chi connectivity index (χ1v) is 8.48. The molecule has 1 aromatic carbocycles. The molecule has 1 aromatic heterocycles. The van der Waals surface area contributed by atoms with Crippen molar-refractivity contribution >= 4 is 29.2 Å². The number of nitrogens with zero attached hydrogens (tertiary/aromatic N) is 1. The number of imide groups is 1. The van der Waals surface area contributed by atoms with E-state index in [1.165, 1.54) is 17.4 Å². The third-order valence-electron chi connectivity index (χ3n) is 4.02. The van der Waals surface area contributed by atoms with E-state index in [4.69, 9.17) is 0 Å². The van der Waals surface area contributed by atoms with Crippen LogP contribution in [0.1, 0.15) is 17.4 Å². The number of thiophene rings is 1. The number of hydrogen-bond donors (Lipinski definition) is 2. The second-order valence-corrected chi connectivity index (χ2v) is 6.74. The molecule has 8 heteroatoms. The Hall–Kier alpha value is -2.74. The first kappa shape index (κ1) is 17.1. The molecule has 2 N–H and O–H groups in total. The quantitative estimate of drug-likeness (QED) is 0.800. The molecule has 3 rings (SSSR count). The van der Waals surface area contributed by atoms with Gasteiger partial charge in [0.1, 0.15) is 12.4 Å². The average molecular weight is 361 g/mol. The van der Waals surface area contributed by atoms with Gasteiger partial charge in [0.2, 0.25) is 5.91 Å². The lowest BCUT2D eigenvalue weighted by molar-refractivity contribution is -0.134. The zero-order valence-electron chi connectivity index (χ0n) is 13.4. The van der Waals surface area contributed by atoms with Gasteiger partial charge in [-0.15, -0.1) is 11.3 Å². The van der Waals surface area contributed by atoms with Gasteiger partial charge in [0.05, 0.1) is 0 Å². The molecule has 1 atom stereocenters. The molecule has 0 radical (unpaired) electrons. The van der Waals surface area contributed by atoms with E-state index in [-0.39, 0.29) is 6.54 Å². The van der Waals surface area contributed by atoms with Crippen molar-refractivity contribution in [1.82, 2.24) is 15.5 Å². The maximum atomic E-state index is 13.5. The standard InChI is InChI=1S/C17H16FN3O3S/c1-17(13-7-4-8-25-13)15(23)21(16(24)20-17)10-14(22)19-9-11-5-2-3-6-12(11)18/h2-8H,9-10H2,1H3,(H,19,22)(H,20,24). The fourth-order valence-corrected chi connectivity index (χ4v) is 3.44. The molecule has 4 amide bonds. The summed E-state index contributed by atoms with van der Waals surface area (Å²) in [6.07, 6.45) is 0. The lowest BCUT2D eigenvalue weighted by Crippen LogP contribution is -2.42. The van der Waals surface area contributed by atoms with Gasteiger partial charge >= 0.3 is 6.03 Å². The first-order valence-electron chi connectivity index (χ1n) is 7.60. The largest absolute Gasteiger partial charge is 0.350 e. The van der Waals surface area contributed by atoms with Crippen LogP contribution in [0.15, 0.2) is 41.8 Å². The SMILES string of the molecule is CC1(c2cccs2)NC(=O)N(CC(=O)NCc2ccccc2F)C1=O. The van der Waals surface area contributed by atoms with Gasteiger partial charge in [-0.05, 0) is 24.4 Å². The number of carbonyl (C=O) groups is 3. The molecule has 6 nitrogen and oxygen atoms in total. The summed E-state index contributed by atoms with van der Waals surface area (Å²) in [7, 11) is 0. The number of amides is 4. The van der Waals surface area contributed by atoms with Crippen LogP contribution in [0.25, 0.3) is 0 Å². The van der Waals surface area contributed by atoms with Crippen molar-refractivity contribution in [2.24, 2.45) is 0 Å². The molecule has 0 aliphatic carbocycles. The summed E-state index contributed by atoms with van der Waals surface area (Å²) >= 11 is 1.35. The molecule has 1 aliphatic rings. The molecule has 25 heavy (non-hydrogen) atoms. The van der Waals surface area contributed by atoms with E-state index >= 15 is 0 Å². The summed E-state index contributed by atoms with van der Waals surface area (Å²) < 4.78 is 13.5. The Balaban J connectivity index is 1.64. The summed E-state index contributed by atoms with van der Waals surface area (Å²) in [5.74, 6) is -1.45. The fourth-order valence-electron chi connectivity index (χ4n) is 2.61. The van der Waals surface area contributed by atoms with E-state index in [9.17, 15) is 18.8 Å². The molecule has 0 spiro atoms. The third kappa shape index (κ3) is 3.25. The Morgan fingerprint density at radius 1 is 1.28 bits per heavy atom. The normalized spacial score (nSPS) is 19.8. The minimum Gasteiger partial charge on any atom is -0.350 e. The molecule has 1 saturated heterocycles. The van der Waals surface area contributed by atoms with E-state index in [2.05, 4.69) is 10.6 Å². The Kier molecular flexibility index (Phi) is 4.54. The molecule has 0 saturated carbocycles. The summed E-state index contributed by atoms with van der Waals surface area (Å²) in [6.45, 7) is 1.17. The maximum Gasteiger partial charge on any atom is 0.325 e. The average Bonchev–Trinajstić information content (AvgIpc) is 3.19. The van der Waals surface area contributed by atoms with Crippen LogP contribution < -0.4 is 10.6 Å². The monoisotopic (exact) mass is 361 g/mol. The predicted molar refractivity (Wildman–Crippen MR) is 90.2 cm³/mol. The minimum absolute atomic E-state index is 0.0165. The second-order valence-electron chi connectivity index (χ2n) is 5.79. The molecule has 1 fully saturated rings. The van der Waals surface area contributed by atoms with Crippen LogP contribution in [0, 0.1) is 5.82 Å². The number of halogens is 1. The van der Waals surface area contributed by atoms with Crippen LogP contribution in [-0.4, -0.2) is 29.3 Å². The smallest absolute Gasteiger partial charge is 0.325 e. The lowest BCUT2D eigenvalue weighted by atomic mass is 10.0. The Morgan fingerprint density at radius 2 is 2.04 bits per heavy atom. The van der Waals surface area contributed by atoms with Crippen LogP contribution in [0.3, 0.4) is 0 Å². The van der Waals surface area contributed by atoms with Gasteiger partial charge in [-0.3, -0.25) is 14.5 Å². The Morgan fingerprint density at radius 3 is 2.72 bits per heavy atom. The number of hydrogen-bond acceptors (Lipinski definition) is 4. The summed E-state index contributed by atoms with van der Waals surface area (Å²) in [5, 5.41) is 6.96. The van der Waals surface area contributed by atoms with E-state index in [1.807, 2.05) is 5.38 Å². The highest BCUT2D eigenvalue weighted by molar-refractivity contribution is 7.10. The van der Waals surface area contributed by atoms with E-state index in [0.29, 0.717) is 10.4 Å². The molecular formula is C17H16FN3O3S. The maximum absolute atomic E-state index is 13.5. The first-order chi connectivity index (χ1) is 11.9. The summed E-state index contributed by atoms with van der Waals surface area (Å²) in [5.41, 5.74) is -0.840. The van der Waals surface area contributed by atoms with Crippen molar-refractivity contribution in [1.29, 1.82) is 0 Å². The topological polar surface area (TPSA) is 78.5 Å². The van der Waals surface area contributed by atoms with Crippen molar-refractivity contribution < 1.29 is 18.8 Å². The van der Waals surface area contributed by atoms with Crippen LogP contribution >= 0.6 is 11.3 Å². The van der Waals surface area contributed by atoms with Crippen LogP contribution in [0.5, 0.6) is 0 Å². The Labute approximate surface area is 147 Å². The molecular weight excluding hydrogens is 345 g/mol. The third-order valence-corrected chi connectivity index (χ3v) is 5.12. The van der Waals surface area contributed by atoms with Gasteiger partial charge in [-0.1, -0.05) is 24.3 Å². The number of benzene rings is 1. The number of nitrogens with one attached hydrogen (secondary N) is 2. The molecule has 0 bridgehead atoms. The van der Waals surface area contributed by atoms with E-state index in [1.54, 1.807) is 37.3 Å². The van der Waals surface area contributed by atoms with E-state index < -0.39 is 35.7 Å². The highest BCUT2D eigenvalue weighted by atomic mass is 32.1. The predicted octanol–water partition coefficient (Wildman–Crippen LogP) is 1.97. The van der Waals surface area contributed by atoms with Crippen molar-refractivity contribution in [2.75, 3.05) is 6.54 Å². The van der Waals surface area contributed by atoms with Gasteiger partial charge in [-0.2, -0.15) is 0 Å². The highest BCUT2D eigenvalue weighted by Gasteiger charge is 2.50. The van der Waals surface area contributed by atoms with E-state index in [0.717, 1.165) is 4.90 Å². The lowest BCUT2D eigenvalue weighted by Gasteiger charge is -2.20. The van der Waals surface area contributed by atoms with Crippen molar-refractivity contribution in [3.8, 4) is 0 Å². The van der Waals surface area contributed by atoms with Crippen LogP contribution in [0.2, 0.25) is 0 Å². The molecule has 2 aromatic rings. The molecule has 1 aliphatic heterocycles. The summed E-state index contributed by atoms with van der Waals surface area (Å²) in [6, 6.07) is 8.98. The molecule has 1 unspecified atom stereocenters. The number of urea groups is 1. The molecule has 2 heterocycles. The highest BCUT2D eigenvalue weighted by Crippen LogP contribution is 2.31. The molecule has 130 valence electrons. The fraction of sp³-hybridized carbons (Fsp3) is 0.235. The van der Waals surface area contributed by atoms with Gasteiger partial charge in [0.25, 0.3) is 5.91 Å². The van der Waals surface area contributed by atoms with Crippen molar-refractivity contribution in [2.45, 2.75) is 19.0 Å². The summed E-state index contributed by atoms with van der Waals surface area (Å²) in [4.78, 5) is 38.4. The zero-order chi connectivity index (χ0) is 18.0. The number of rotatable bonds is 5. The minimum atomic E-state index is -1.17. The van der Waals surface area contributed by atoms with Crippen molar-refractivity contribution in [3.05, 3.63) is 58.0 Å². The van der Waals surface area contributed by atoms with Crippen molar-refractivity contribution in [3.63, 3.8) is 0 Å². The van der Waals surface area contributed by atoms with Crippen LogP contribution in [-0.2, 0) is 21.7 Å². The Bertz CT molecular complexity index is 824. The second kappa shape index (κ2) is 6.64. The zero-order valence-corrected chi connectivity index (χ0v) is 14.2. The number of carbonyl (C=O) groups excluding carboxylic acids is 3. The van der Waals surface area contributed by atoms with Crippen LogP contribution in [0.4, 0.5) is 9.18 Å². The van der Waals surface area contributed by atoms with Gasteiger partial charge < -0.3 is 10.6 Å². The van der Waals surface area contributed by atoms with Gasteiger partial charge in [0, 0.05) is 17.0 Å². The van der Waals surface area contributed by atoms with Gasteiger partial charge in [-0.25, -0.2) is 9.18 Å².